The van der Waals surface area contributed by atoms with Crippen molar-refractivity contribution < 1.29 is 4.79 Å². The topological polar surface area (TPSA) is 61.4 Å². The Hall–Kier alpha value is -1.69. The van der Waals surface area contributed by atoms with E-state index >= 15 is 0 Å². The van der Waals surface area contributed by atoms with Gasteiger partial charge in [0.25, 0.3) is 0 Å². The second-order valence-electron chi connectivity index (χ2n) is 6.77. The fraction of sp³-hybridized carbons (Fsp3) is 0.706. The van der Waals surface area contributed by atoms with Crippen molar-refractivity contribution in [1.29, 1.82) is 0 Å². The van der Waals surface area contributed by atoms with Crippen LogP contribution in [0, 0.1) is 6.92 Å². The number of likely N-dealkylation sites (N-methyl/N-ethyl adjacent to an activating group) is 1. The lowest BCUT2D eigenvalue weighted by atomic mass is 10.0. The minimum atomic E-state index is 0.0877. The van der Waals surface area contributed by atoms with Gasteiger partial charge in [-0.3, -0.25) is 9.69 Å². The van der Waals surface area contributed by atoms with Crippen molar-refractivity contribution >= 4 is 11.7 Å². The van der Waals surface area contributed by atoms with Crippen molar-refractivity contribution in [3.63, 3.8) is 0 Å². The highest BCUT2D eigenvalue weighted by Crippen LogP contribution is 2.22. The summed E-state index contributed by atoms with van der Waals surface area (Å²) < 4.78 is 0. The van der Waals surface area contributed by atoms with E-state index in [0.29, 0.717) is 11.9 Å². The molecule has 2 aliphatic rings. The molecule has 1 aromatic heterocycles. The molecule has 1 unspecified atom stereocenters. The highest BCUT2D eigenvalue weighted by atomic mass is 16.2. The van der Waals surface area contributed by atoms with E-state index in [0.717, 1.165) is 63.3 Å². The molecule has 2 fully saturated rings. The molecule has 1 aromatic rings. The number of amides is 1. The largest absolute Gasteiger partial charge is 0.367 e. The number of likely N-dealkylation sites (tertiary alicyclic amines) is 2. The van der Waals surface area contributed by atoms with Gasteiger partial charge in [-0.25, -0.2) is 9.97 Å². The summed E-state index contributed by atoms with van der Waals surface area (Å²) in [7, 11) is 1.94. The Morgan fingerprint density at radius 1 is 1.13 bits per heavy atom. The Balaban J connectivity index is 1.54. The van der Waals surface area contributed by atoms with Crippen LogP contribution in [0.15, 0.2) is 12.4 Å². The average Bonchev–Trinajstić information content (AvgIpc) is 2.71. The number of aryl methyl sites for hydroxylation is 1. The molecule has 1 N–H and O–H groups in total. The minimum absolute atomic E-state index is 0.0877. The zero-order chi connectivity index (χ0) is 16.2. The summed E-state index contributed by atoms with van der Waals surface area (Å²) in [6, 6.07) is 2.50. The van der Waals surface area contributed by atoms with Crippen LogP contribution >= 0.6 is 0 Å². The number of hydrogen-bond acceptors (Lipinski definition) is 5. The van der Waals surface area contributed by atoms with Gasteiger partial charge in [-0.2, -0.15) is 0 Å². The van der Waals surface area contributed by atoms with E-state index in [4.69, 9.17) is 0 Å². The van der Waals surface area contributed by atoms with Crippen molar-refractivity contribution in [2.75, 3.05) is 32.0 Å². The molecule has 3 heterocycles. The second-order valence-corrected chi connectivity index (χ2v) is 6.77. The van der Waals surface area contributed by atoms with E-state index in [9.17, 15) is 4.79 Å². The van der Waals surface area contributed by atoms with E-state index < -0.39 is 0 Å². The van der Waals surface area contributed by atoms with Gasteiger partial charge in [0, 0.05) is 44.5 Å². The van der Waals surface area contributed by atoms with E-state index in [1.165, 1.54) is 0 Å². The number of rotatable bonds is 3. The van der Waals surface area contributed by atoms with Crippen molar-refractivity contribution in [3.8, 4) is 0 Å². The van der Waals surface area contributed by atoms with Gasteiger partial charge in [-0.05, 0) is 39.0 Å². The molecule has 0 spiro atoms. The average molecular weight is 317 g/mol. The van der Waals surface area contributed by atoms with Crippen molar-refractivity contribution in [2.45, 2.75) is 51.1 Å². The highest BCUT2D eigenvalue weighted by Gasteiger charge is 2.32. The van der Waals surface area contributed by atoms with Crippen LogP contribution in [0.1, 0.15) is 37.8 Å². The van der Waals surface area contributed by atoms with Crippen LogP contribution in [0.25, 0.3) is 0 Å². The molecule has 2 saturated heterocycles. The molecule has 0 radical (unpaired) electrons. The first-order valence-corrected chi connectivity index (χ1v) is 8.67. The Kier molecular flexibility index (Phi) is 5.10. The summed E-state index contributed by atoms with van der Waals surface area (Å²) in [5.74, 6) is 1.21. The monoisotopic (exact) mass is 317 g/mol. The van der Waals surface area contributed by atoms with Gasteiger partial charge in [0.05, 0.1) is 6.04 Å². The molecule has 23 heavy (non-hydrogen) atoms. The van der Waals surface area contributed by atoms with Crippen LogP contribution in [0.3, 0.4) is 0 Å². The summed E-state index contributed by atoms with van der Waals surface area (Å²) in [6.45, 7) is 4.84. The molecule has 0 bridgehead atoms. The standard InChI is InChI=1S/C17H27N5O/c1-13-11-16(19-12-18-13)20-14-6-9-22(10-7-14)15-5-3-4-8-21(2)17(15)23/h11-12,14-15H,3-10H2,1-2H3,(H,18,19,20). The molecule has 126 valence electrons. The number of nitrogens with one attached hydrogen (secondary N) is 1. The smallest absolute Gasteiger partial charge is 0.239 e. The van der Waals surface area contributed by atoms with Gasteiger partial charge in [-0.1, -0.05) is 0 Å². The van der Waals surface area contributed by atoms with Gasteiger partial charge in [0.1, 0.15) is 12.1 Å². The molecular weight excluding hydrogens is 290 g/mol. The quantitative estimate of drug-likeness (QED) is 0.919. The minimum Gasteiger partial charge on any atom is -0.367 e. The second kappa shape index (κ2) is 7.25. The maximum Gasteiger partial charge on any atom is 0.239 e. The van der Waals surface area contributed by atoms with Crippen LogP contribution < -0.4 is 5.32 Å². The Morgan fingerprint density at radius 2 is 1.91 bits per heavy atom. The number of nitrogens with zero attached hydrogens (tertiary/aromatic N) is 4. The summed E-state index contributed by atoms with van der Waals surface area (Å²) in [5, 5.41) is 3.50. The lowest BCUT2D eigenvalue weighted by Crippen LogP contribution is -2.50. The molecule has 3 rings (SSSR count). The molecule has 6 heteroatoms. The number of hydrogen-bond donors (Lipinski definition) is 1. The molecule has 1 atom stereocenters. The fourth-order valence-electron chi connectivity index (χ4n) is 3.61. The summed E-state index contributed by atoms with van der Waals surface area (Å²) in [6.07, 6.45) is 7.00. The number of carbonyl (C=O) groups excluding carboxylic acids is 1. The normalized spacial score (nSPS) is 24.5. The van der Waals surface area contributed by atoms with E-state index in [1.807, 2.05) is 24.9 Å². The van der Waals surface area contributed by atoms with Gasteiger partial charge < -0.3 is 10.2 Å². The zero-order valence-electron chi connectivity index (χ0n) is 14.2. The lowest BCUT2D eigenvalue weighted by molar-refractivity contribution is -0.135. The van der Waals surface area contributed by atoms with Crippen molar-refractivity contribution in [2.24, 2.45) is 0 Å². The van der Waals surface area contributed by atoms with E-state index in [1.54, 1.807) is 6.33 Å². The van der Waals surface area contributed by atoms with E-state index in [-0.39, 0.29) is 6.04 Å². The Morgan fingerprint density at radius 3 is 2.65 bits per heavy atom. The van der Waals surface area contributed by atoms with Gasteiger partial charge >= 0.3 is 0 Å². The molecule has 1 amide bonds. The van der Waals surface area contributed by atoms with Crippen molar-refractivity contribution in [1.82, 2.24) is 19.8 Å². The van der Waals surface area contributed by atoms with Crippen LogP contribution in [-0.4, -0.2) is 64.4 Å². The molecule has 0 aliphatic carbocycles. The number of piperidine rings is 1. The number of anilines is 1. The highest BCUT2D eigenvalue weighted by molar-refractivity contribution is 5.81. The van der Waals surface area contributed by atoms with Crippen LogP contribution in [0.4, 0.5) is 5.82 Å². The van der Waals surface area contributed by atoms with E-state index in [2.05, 4.69) is 20.2 Å². The first-order chi connectivity index (χ1) is 11.1. The predicted molar refractivity (Wildman–Crippen MR) is 90.3 cm³/mol. The van der Waals surface area contributed by atoms with Crippen molar-refractivity contribution in [3.05, 3.63) is 18.1 Å². The first-order valence-electron chi connectivity index (χ1n) is 8.67. The van der Waals surface area contributed by atoms with Gasteiger partial charge in [0.2, 0.25) is 5.91 Å². The molecule has 2 aliphatic heterocycles. The summed E-state index contributed by atoms with van der Waals surface area (Å²) in [4.78, 5) is 25.2. The summed E-state index contributed by atoms with van der Waals surface area (Å²) >= 11 is 0. The lowest BCUT2D eigenvalue weighted by Gasteiger charge is -2.37. The zero-order valence-corrected chi connectivity index (χ0v) is 14.2. The van der Waals surface area contributed by atoms with Gasteiger partial charge in [-0.15, -0.1) is 0 Å². The molecule has 0 aromatic carbocycles. The first kappa shape index (κ1) is 16.2. The Bertz CT molecular complexity index is 542. The van der Waals surface area contributed by atoms with Crippen LogP contribution in [-0.2, 0) is 4.79 Å². The number of aromatic nitrogens is 2. The maximum atomic E-state index is 12.5. The predicted octanol–water partition coefficient (Wildman–Crippen LogP) is 1.67. The third kappa shape index (κ3) is 3.99. The van der Waals surface area contributed by atoms with Crippen LogP contribution in [0.5, 0.6) is 0 Å². The molecule has 0 saturated carbocycles. The van der Waals surface area contributed by atoms with Crippen LogP contribution in [0.2, 0.25) is 0 Å². The number of carbonyl (C=O) groups is 1. The SMILES string of the molecule is Cc1cc(NC2CCN(C3CCCCN(C)C3=O)CC2)ncn1. The third-order valence-electron chi connectivity index (χ3n) is 5.01. The van der Waals surface area contributed by atoms with Gasteiger partial charge in [0.15, 0.2) is 0 Å². The third-order valence-corrected chi connectivity index (χ3v) is 5.01. The molecular formula is C17H27N5O. The molecule has 6 nitrogen and oxygen atoms in total. The fourth-order valence-corrected chi connectivity index (χ4v) is 3.61. The Labute approximate surface area is 138 Å². The summed E-state index contributed by atoms with van der Waals surface area (Å²) in [5.41, 5.74) is 0.979. The maximum absolute atomic E-state index is 12.5.